The van der Waals surface area contributed by atoms with E-state index in [1.165, 1.54) is 36.3 Å². The minimum absolute atomic E-state index is 0.104. The molecule has 3 aliphatic rings. The van der Waals surface area contributed by atoms with Gasteiger partial charge in [0.25, 0.3) is 5.91 Å². The lowest BCUT2D eigenvalue weighted by Gasteiger charge is -2.50. The highest BCUT2D eigenvalue weighted by Crippen LogP contribution is 2.41. The Morgan fingerprint density at radius 2 is 1.54 bits per heavy atom. The SMILES string of the molecule is CO[C@@H]1[C@@H](n2cc(-c3cccc(F)c3)nn2)[C@H]2OC(c3ccccc3)OC[C@H]2O[C@H]1C(=O)N(C)[C@H]1CN(C)C[C@@H](n2cc(-c3cccc(F)c3)nn2)[C@@H]1O. The number of likely N-dealkylation sites (N-methyl/N-ethyl adjacent to an activating group) is 2. The second-order valence-electron chi connectivity index (χ2n) is 13.9. The number of piperidine rings is 1. The van der Waals surface area contributed by atoms with E-state index in [2.05, 4.69) is 20.6 Å². The number of carbonyl (C=O) groups excluding carboxylic acids is 1. The van der Waals surface area contributed by atoms with Crippen molar-refractivity contribution in [2.45, 2.75) is 54.9 Å². The number of methoxy groups -OCH3 is 1. The molecule has 3 saturated heterocycles. The molecular weight excluding hydrogens is 702 g/mol. The summed E-state index contributed by atoms with van der Waals surface area (Å²) in [6.07, 6.45) is -1.94. The Hall–Kier alpha value is -4.97. The number of halogens is 2. The van der Waals surface area contributed by atoms with Gasteiger partial charge in [-0.25, -0.2) is 18.1 Å². The number of aliphatic hydroxyl groups is 1. The lowest BCUT2D eigenvalue weighted by molar-refractivity contribution is -0.315. The Bertz CT molecular complexity index is 2090. The zero-order chi connectivity index (χ0) is 37.5. The molecule has 1 amide bonds. The van der Waals surface area contributed by atoms with E-state index in [0.29, 0.717) is 35.6 Å². The fraction of sp³-hybridized carbons (Fsp3) is 0.395. The number of hydrogen-bond donors (Lipinski definition) is 1. The van der Waals surface area contributed by atoms with E-state index >= 15 is 0 Å². The Labute approximate surface area is 309 Å². The molecule has 5 aromatic rings. The van der Waals surface area contributed by atoms with Crippen molar-refractivity contribution in [1.29, 1.82) is 0 Å². The number of ether oxygens (including phenoxy) is 4. The monoisotopic (exact) mass is 742 g/mol. The van der Waals surface area contributed by atoms with E-state index in [4.69, 9.17) is 18.9 Å². The largest absolute Gasteiger partial charge is 0.389 e. The van der Waals surface area contributed by atoms with Gasteiger partial charge in [-0.1, -0.05) is 65.0 Å². The van der Waals surface area contributed by atoms with E-state index in [1.54, 1.807) is 53.1 Å². The van der Waals surface area contributed by atoms with Crippen molar-refractivity contribution in [3.63, 3.8) is 0 Å². The number of likely N-dealkylation sites (tertiary alicyclic amines) is 1. The first kappa shape index (κ1) is 36.0. The number of aromatic nitrogens is 6. The van der Waals surface area contributed by atoms with Gasteiger partial charge in [0.1, 0.15) is 47.4 Å². The summed E-state index contributed by atoms with van der Waals surface area (Å²) in [5.74, 6) is -1.24. The smallest absolute Gasteiger partial charge is 0.254 e. The predicted octanol–water partition coefficient (Wildman–Crippen LogP) is 3.29. The molecule has 54 heavy (non-hydrogen) atoms. The van der Waals surface area contributed by atoms with Crippen molar-refractivity contribution in [2.75, 3.05) is 40.9 Å². The van der Waals surface area contributed by atoms with E-state index in [-0.39, 0.29) is 6.61 Å². The standard InChI is InChI=1S/C38H40F2N8O6/c1-45-19-29(33(49)30(20-45)47-17-27(41-43-47)23-11-7-13-25(39)15-23)46(2)37(50)36-35(51-3)32(48-18-28(42-44-48)24-12-8-14-26(40)16-24)34-31(53-36)21-52-38(54-34)22-9-5-4-6-10-22/h4-18,29-36,38,49H,19-21H2,1-3H3/t29-,30+,31+,32-,33+,34-,35+,36+,38?/m0/s1. The molecule has 0 radical (unpaired) electrons. The van der Waals surface area contributed by atoms with E-state index in [1.807, 2.05) is 42.3 Å². The topological polar surface area (TPSA) is 142 Å². The van der Waals surface area contributed by atoms with Gasteiger partial charge in [-0.05, 0) is 31.3 Å². The van der Waals surface area contributed by atoms with E-state index < -0.39 is 72.5 Å². The number of fused-ring (bicyclic) bond motifs is 1. The zero-order valence-electron chi connectivity index (χ0n) is 29.8. The van der Waals surface area contributed by atoms with Crippen molar-refractivity contribution >= 4 is 5.91 Å². The van der Waals surface area contributed by atoms with Crippen LogP contribution >= 0.6 is 0 Å². The quantitative estimate of drug-likeness (QED) is 0.250. The van der Waals surface area contributed by atoms with Gasteiger partial charge < -0.3 is 33.9 Å². The van der Waals surface area contributed by atoms with Crippen LogP contribution < -0.4 is 0 Å². The van der Waals surface area contributed by atoms with Gasteiger partial charge in [0.15, 0.2) is 12.4 Å². The van der Waals surface area contributed by atoms with Gasteiger partial charge >= 0.3 is 0 Å². The molecule has 3 aliphatic heterocycles. The summed E-state index contributed by atoms with van der Waals surface area (Å²) >= 11 is 0. The molecule has 3 aromatic carbocycles. The van der Waals surface area contributed by atoms with Gasteiger partial charge in [-0.15, -0.1) is 10.2 Å². The summed E-state index contributed by atoms with van der Waals surface area (Å²) in [7, 11) is 5.01. The van der Waals surface area contributed by atoms with Crippen LogP contribution in [0.15, 0.2) is 91.3 Å². The Morgan fingerprint density at radius 3 is 2.19 bits per heavy atom. The third-order valence-electron chi connectivity index (χ3n) is 10.5. The third kappa shape index (κ3) is 6.92. The normalized spacial score (nSPS) is 28.7. The summed E-state index contributed by atoms with van der Waals surface area (Å²) in [4.78, 5) is 18.1. The van der Waals surface area contributed by atoms with E-state index in [0.717, 1.165) is 5.56 Å². The second kappa shape index (κ2) is 15.0. The van der Waals surface area contributed by atoms with Crippen LogP contribution in [0, 0.1) is 11.6 Å². The molecule has 1 N–H and O–H groups in total. The van der Waals surface area contributed by atoms with Crippen molar-refractivity contribution in [3.05, 3.63) is 108 Å². The van der Waals surface area contributed by atoms with Gasteiger partial charge in [0.05, 0.1) is 37.2 Å². The molecule has 5 heterocycles. The highest BCUT2D eigenvalue weighted by molar-refractivity contribution is 5.82. The third-order valence-corrected chi connectivity index (χ3v) is 10.5. The van der Waals surface area contributed by atoms with Crippen LogP contribution in [0.2, 0.25) is 0 Å². The number of nitrogens with zero attached hydrogens (tertiary/aromatic N) is 8. The van der Waals surface area contributed by atoms with Crippen LogP contribution in [-0.4, -0.2) is 128 Å². The maximum atomic E-state index is 14.6. The van der Waals surface area contributed by atoms with Crippen molar-refractivity contribution < 1.29 is 37.6 Å². The molecule has 282 valence electrons. The Balaban J connectivity index is 1.08. The van der Waals surface area contributed by atoms with Crippen LogP contribution in [0.1, 0.15) is 23.9 Å². The van der Waals surface area contributed by atoms with Crippen molar-refractivity contribution in [1.82, 2.24) is 39.8 Å². The lowest BCUT2D eigenvalue weighted by atomic mass is 9.89. The summed E-state index contributed by atoms with van der Waals surface area (Å²) in [5.41, 5.74) is 2.77. The maximum absolute atomic E-state index is 14.6. The maximum Gasteiger partial charge on any atom is 0.254 e. The molecular formula is C38H40F2N8O6. The molecule has 9 atom stereocenters. The fourth-order valence-corrected chi connectivity index (χ4v) is 7.71. The predicted molar refractivity (Wildman–Crippen MR) is 188 cm³/mol. The Morgan fingerprint density at radius 1 is 0.889 bits per heavy atom. The highest BCUT2D eigenvalue weighted by atomic mass is 19.1. The first-order valence-corrected chi connectivity index (χ1v) is 17.7. The average Bonchev–Trinajstić information content (AvgIpc) is 3.89. The fourth-order valence-electron chi connectivity index (χ4n) is 7.71. The van der Waals surface area contributed by atoms with Gasteiger partial charge in [0.2, 0.25) is 0 Å². The summed E-state index contributed by atoms with van der Waals surface area (Å²) in [5, 5.41) is 29.1. The first-order chi connectivity index (χ1) is 26.2. The molecule has 0 bridgehead atoms. The molecule has 2 aromatic heterocycles. The van der Waals surface area contributed by atoms with Crippen LogP contribution in [0.3, 0.4) is 0 Å². The molecule has 1 unspecified atom stereocenters. The van der Waals surface area contributed by atoms with E-state index in [9.17, 15) is 18.7 Å². The number of carbonyl (C=O) groups is 1. The molecule has 0 saturated carbocycles. The average molecular weight is 743 g/mol. The highest BCUT2D eigenvalue weighted by Gasteiger charge is 2.55. The molecule has 0 aliphatic carbocycles. The number of rotatable bonds is 8. The van der Waals surface area contributed by atoms with Gasteiger partial charge in [0, 0.05) is 43.9 Å². The lowest BCUT2D eigenvalue weighted by Crippen LogP contribution is -2.66. The summed E-state index contributed by atoms with van der Waals surface area (Å²) in [6, 6.07) is 19.6. The second-order valence-corrected chi connectivity index (χ2v) is 13.9. The molecule has 16 heteroatoms. The number of hydrogen-bond acceptors (Lipinski definition) is 11. The van der Waals surface area contributed by atoms with Crippen molar-refractivity contribution in [2.24, 2.45) is 0 Å². The number of aliphatic hydroxyl groups excluding tert-OH is 1. The number of benzene rings is 3. The van der Waals surface area contributed by atoms with Crippen LogP contribution in [0.4, 0.5) is 8.78 Å². The van der Waals surface area contributed by atoms with Crippen molar-refractivity contribution in [3.8, 4) is 22.5 Å². The zero-order valence-corrected chi connectivity index (χ0v) is 29.8. The van der Waals surface area contributed by atoms with Gasteiger partial charge in [-0.3, -0.25) is 4.79 Å². The minimum atomic E-state index is -1.17. The van der Waals surface area contributed by atoms with Crippen LogP contribution in [0.25, 0.3) is 22.5 Å². The van der Waals surface area contributed by atoms with Crippen LogP contribution in [-0.2, 0) is 23.7 Å². The van der Waals surface area contributed by atoms with Gasteiger partial charge in [-0.2, -0.15) is 0 Å². The molecule has 3 fully saturated rings. The van der Waals surface area contributed by atoms with Crippen LogP contribution in [0.5, 0.6) is 0 Å². The molecule has 0 spiro atoms. The minimum Gasteiger partial charge on any atom is -0.389 e. The molecule has 8 rings (SSSR count). The molecule has 14 nitrogen and oxygen atoms in total. The number of amides is 1. The first-order valence-electron chi connectivity index (χ1n) is 17.7. The Kier molecular flexibility index (Phi) is 10.0. The summed E-state index contributed by atoms with van der Waals surface area (Å²) in [6.45, 7) is 0.887. The summed E-state index contributed by atoms with van der Waals surface area (Å²) < 4.78 is 56.6.